The van der Waals surface area contributed by atoms with E-state index in [9.17, 15) is 0 Å². The van der Waals surface area contributed by atoms with E-state index in [1.807, 2.05) is 30.3 Å². The average Bonchev–Trinajstić information content (AvgIpc) is 2.81. The summed E-state index contributed by atoms with van der Waals surface area (Å²) < 4.78 is 2.05. The summed E-state index contributed by atoms with van der Waals surface area (Å²) in [4.78, 5) is 0. The third kappa shape index (κ3) is 2.63. The summed E-state index contributed by atoms with van der Waals surface area (Å²) in [6, 6.07) is 14.2. The van der Waals surface area contributed by atoms with Crippen molar-refractivity contribution < 1.29 is 0 Å². The predicted octanol–water partition coefficient (Wildman–Crippen LogP) is 5.16. The summed E-state index contributed by atoms with van der Waals surface area (Å²) in [6.45, 7) is 2.07. The minimum atomic E-state index is 0.499. The number of H-pyrrole nitrogens is 1. The SMILES string of the molecule is Cc1cc(Br)ccc1-c1[nH]nc(N)c1-c1ccccc1Br. The number of anilines is 1. The Bertz CT molecular complexity index is 809. The van der Waals surface area contributed by atoms with E-state index < -0.39 is 0 Å². The minimum Gasteiger partial charge on any atom is -0.382 e. The zero-order valence-corrected chi connectivity index (χ0v) is 14.5. The Morgan fingerprint density at radius 1 is 1.05 bits per heavy atom. The van der Waals surface area contributed by atoms with Crippen molar-refractivity contribution in [2.45, 2.75) is 6.92 Å². The van der Waals surface area contributed by atoms with Crippen molar-refractivity contribution in [2.75, 3.05) is 5.73 Å². The molecule has 2 aromatic carbocycles. The molecule has 21 heavy (non-hydrogen) atoms. The highest BCUT2D eigenvalue weighted by molar-refractivity contribution is 9.10. The van der Waals surface area contributed by atoms with E-state index in [-0.39, 0.29) is 0 Å². The fraction of sp³-hybridized carbons (Fsp3) is 0.0625. The molecular formula is C16H13Br2N3. The second-order valence-corrected chi connectivity index (χ2v) is 6.57. The summed E-state index contributed by atoms with van der Waals surface area (Å²) >= 11 is 7.08. The Labute approximate surface area is 139 Å². The maximum Gasteiger partial charge on any atom is 0.153 e. The van der Waals surface area contributed by atoms with Gasteiger partial charge in [-0.2, -0.15) is 5.10 Å². The van der Waals surface area contributed by atoms with Gasteiger partial charge in [-0.1, -0.05) is 56.1 Å². The molecule has 3 N–H and O–H groups in total. The van der Waals surface area contributed by atoms with E-state index in [1.165, 1.54) is 0 Å². The van der Waals surface area contributed by atoms with Gasteiger partial charge in [-0.15, -0.1) is 0 Å². The Hall–Kier alpha value is -1.59. The number of aromatic amines is 1. The van der Waals surface area contributed by atoms with Gasteiger partial charge in [0.2, 0.25) is 0 Å². The van der Waals surface area contributed by atoms with Gasteiger partial charge in [-0.3, -0.25) is 5.10 Å². The van der Waals surface area contributed by atoms with Gasteiger partial charge in [0.1, 0.15) is 0 Å². The molecule has 0 aliphatic carbocycles. The Morgan fingerprint density at radius 3 is 2.52 bits per heavy atom. The van der Waals surface area contributed by atoms with Gasteiger partial charge in [-0.25, -0.2) is 0 Å². The molecule has 0 fully saturated rings. The standard InChI is InChI=1S/C16H13Br2N3/c1-9-8-10(17)6-7-11(9)15-14(16(19)21-20-15)12-4-2-3-5-13(12)18/h2-8H,1H3,(H3,19,20,21). The van der Waals surface area contributed by atoms with Gasteiger partial charge in [0.05, 0.1) is 11.3 Å². The number of nitrogens with zero attached hydrogens (tertiary/aromatic N) is 1. The molecule has 0 atom stereocenters. The molecule has 106 valence electrons. The monoisotopic (exact) mass is 405 g/mol. The van der Waals surface area contributed by atoms with Gasteiger partial charge in [-0.05, 0) is 30.7 Å². The lowest BCUT2D eigenvalue weighted by molar-refractivity contribution is 1.10. The van der Waals surface area contributed by atoms with Crippen molar-refractivity contribution in [1.29, 1.82) is 0 Å². The number of nitrogens with two attached hydrogens (primary N) is 1. The number of benzene rings is 2. The highest BCUT2D eigenvalue weighted by Crippen LogP contribution is 2.39. The van der Waals surface area contributed by atoms with Crippen LogP contribution < -0.4 is 5.73 Å². The quantitative estimate of drug-likeness (QED) is 0.617. The van der Waals surface area contributed by atoms with Crippen LogP contribution in [0.4, 0.5) is 5.82 Å². The molecular weight excluding hydrogens is 394 g/mol. The van der Waals surface area contributed by atoms with Crippen molar-refractivity contribution in [3.05, 3.63) is 57.0 Å². The molecule has 1 heterocycles. The fourth-order valence-electron chi connectivity index (χ4n) is 2.40. The van der Waals surface area contributed by atoms with Crippen LogP contribution in [0, 0.1) is 6.92 Å². The lowest BCUT2D eigenvalue weighted by Gasteiger charge is -2.09. The summed E-state index contributed by atoms with van der Waals surface area (Å²) in [5.41, 5.74) is 11.2. The lowest BCUT2D eigenvalue weighted by Crippen LogP contribution is -1.91. The first-order valence-electron chi connectivity index (χ1n) is 6.43. The van der Waals surface area contributed by atoms with E-state index >= 15 is 0 Å². The predicted molar refractivity (Wildman–Crippen MR) is 94.0 cm³/mol. The highest BCUT2D eigenvalue weighted by Gasteiger charge is 2.17. The van der Waals surface area contributed by atoms with Crippen molar-refractivity contribution in [3.63, 3.8) is 0 Å². The van der Waals surface area contributed by atoms with Crippen LogP contribution in [0.5, 0.6) is 0 Å². The Morgan fingerprint density at radius 2 is 1.81 bits per heavy atom. The number of aromatic nitrogens is 2. The molecule has 0 spiro atoms. The van der Waals surface area contributed by atoms with Crippen molar-refractivity contribution in [1.82, 2.24) is 10.2 Å². The molecule has 3 rings (SSSR count). The summed E-state index contributed by atoms with van der Waals surface area (Å²) in [5, 5.41) is 7.26. The molecule has 0 saturated heterocycles. The minimum absolute atomic E-state index is 0.499. The maximum atomic E-state index is 6.09. The van der Waals surface area contributed by atoms with Crippen molar-refractivity contribution >= 4 is 37.7 Å². The number of hydrogen-bond acceptors (Lipinski definition) is 2. The zero-order valence-electron chi connectivity index (χ0n) is 11.3. The molecule has 0 amide bonds. The molecule has 1 aromatic heterocycles. The number of rotatable bonds is 2. The topological polar surface area (TPSA) is 54.7 Å². The normalized spacial score (nSPS) is 10.8. The molecule has 0 aliphatic rings. The lowest BCUT2D eigenvalue weighted by atomic mass is 9.98. The maximum absolute atomic E-state index is 6.09. The van der Waals surface area contributed by atoms with Crippen LogP contribution in [-0.4, -0.2) is 10.2 Å². The molecule has 5 heteroatoms. The van der Waals surface area contributed by atoms with Crippen LogP contribution in [0.15, 0.2) is 51.4 Å². The molecule has 3 aromatic rings. The van der Waals surface area contributed by atoms with E-state index in [2.05, 4.69) is 61.1 Å². The number of halogens is 2. The molecule has 0 radical (unpaired) electrons. The summed E-state index contributed by atoms with van der Waals surface area (Å²) in [6.07, 6.45) is 0. The summed E-state index contributed by atoms with van der Waals surface area (Å²) in [5.74, 6) is 0.499. The van der Waals surface area contributed by atoms with Crippen molar-refractivity contribution in [3.8, 4) is 22.4 Å². The van der Waals surface area contributed by atoms with E-state index in [0.29, 0.717) is 5.82 Å². The third-order valence-electron chi connectivity index (χ3n) is 3.40. The highest BCUT2D eigenvalue weighted by atomic mass is 79.9. The van der Waals surface area contributed by atoms with Gasteiger partial charge in [0.25, 0.3) is 0 Å². The number of hydrogen-bond donors (Lipinski definition) is 2. The number of nitrogen functional groups attached to an aromatic ring is 1. The van der Waals surface area contributed by atoms with Gasteiger partial charge >= 0.3 is 0 Å². The molecule has 0 saturated carbocycles. The van der Waals surface area contributed by atoms with Crippen LogP contribution >= 0.6 is 31.9 Å². The molecule has 0 bridgehead atoms. The van der Waals surface area contributed by atoms with Crippen LogP contribution in [0.3, 0.4) is 0 Å². The zero-order chi connectivity index (χ0) is 15.0. The van der Waals surface area contributed by atoms with Gasteiger partial charge in [0.15, 0.2) is 5.82 Å². The average molecular weight is 407 g/mol. The third-order valence-corrected chi connectivity index (χ3v) is 4.58. The van der Waals surface area contributed by atoms with Crippen LogP contribution in [0.1, 0.15) is 5.56 Å². The fourth-order valence-corrected chi connectivity index (χ4v) is 3.35. The van der Waals surface area contributed by atoms with E-state index in [4.69, 9.17) is 5.73 Å². The molecule has 0 aliphatic heterocycles. The van der Waals surface area contributed by atoms with Crippen LogP contribution in [0.25, 0.3) is 22.4 Å². The second kappa shape index (κ2) is 5.66. The first-order chi connectivity index (χ1) is 10.1. The summed E-state index contributed by atoms with van der Waals surface area (Å²) in [7, 11) is 0. The first kappa shape index (κ1) is 14.4. The van der Waals surface area contributed by atoms with E-state index in [1.54, 1.807) is 0 Å². The van der Waals surface area contributed by atoms with E-state index in [0.717, 1.165) is 36.9 Å². The van der Waals surface area contributed by atoms with Gasteiger partial charge < -0.3 is 5.73 Å². The van der Waals surface area contributed by atoms with Gasteiger partial charge in [0, 0.05) is 20.1 Å². The number of aryl methyl sites for hydroxylation is 1. The smallest absolute Gasteiger partial charge is 0.153 e. The second-order valence-electron chi connectivity index (χ2n) is 4.80. The van der Waals surface area contributed by atoms with Crippen molar-refractivity contribution in [2.24, 2.45) is 0 Å². The molecule has 3 nitrogen and oxygen atoms in total. The van der Waals surface area contributed by atoms with Crippen LogP contribution in [0.2, 0.25) is 0 Å². The first-order valence-corrected chi connectivity index (χ1v) is 8.02. The van der Waals surface area contributed by atoms with Crippen LogP contribution in [-0.2, 0) is 0 Å². The Kier molecular flexibility index (Phi) is 3.87. The largest absolute Gasteiger partial charge is 0.382 e. The molecule has 0 unspecified atom stereocenters. The Balaban J connectivity index is 2.25. The number of nitrogens with one attached hydrogen (secondary N) is 1.